The third-order valence-corrected chi connectivity index (χ3v) is 5.90. The molecule has 0 aromatic heterocycles. The molecule has 29 heavy (non-hydrogen) atoms. The van der Waals surface area contributed by atoms with Gasteiger partial charge in [0.25, 0.3) is 11.6 Å². The van der Waals surface area contributed by atoms with Crippen LogP contribution in [0.1, 0.15) is 55.8 Å². The zero-order valence-electron chi connectivity index (χ0n) is 17.1. The lowest BCUT2D eigenvalue weighted by atomic mass is 9.98. The molecule has 8 heteroatoms. The smallest absolute Gasteiger partial charge is 0.270 e. The predicted molar refractivity (Wildman–Crippen MR) is 111 cm³/mol. The molecule has 0 aliphatic carbocycles. The van der Waals surface area contributed by atoms with Gasteiger partial charge < -0.3 is 15.1 Å². The maximum atomic E-state index is 12.9. The van der Waals surface area contributed by atoms with Crippen LogP contribution in [0.15, 0.2) is 18.2 Å². The first-order valence-electron chi connectivity index (χ1n) is 10.5. The number of rotatable bonds is 6. The van der Waals surface area contributed by atoms with Crippen LogP contribution in [0.5, 0.6) is 0 Å². The van der Waals surface area contributed by atoms with E-state index in [0.717, 1.165) is 57.4 Å². The maximum absolute atomic E-state index is 12.9. The summed E-state index contributed by atoms with van der Waals surface area (Å²) in [5.74, 6) is 0.451. The fourth-order valence-corrected chi connectivity index (χ4v) is 4.02. The van der Waals surface area contributed by atoms with E-state index < -0.39 is 4.92 Å². The molecule has 0 unspecified atom stereocenters. The van der Waals surface area contributed by atoms with E-state index >= 15 is 0 Å². The molecule has 158 valence electrons. The van der Waals surface area contributed by atoms with Gasteiger partial charge >= 0.3 is 0 Å². The first-order chi connectivity index (χ1) is 14.0. The fourth-order valence-electron chi connectivity index (χ4n) is 4.02. The minimum absolute atomic E-state index is 0.0908. The van der Waals surface area contributed by atoms with Gasteiger partial charge in [-0.25, -0.2) is 0 Å². The zero-order valence-corrected chi connectivity index (χ0v) is 17.1. The van der Waals surface area contributed by atoms with Gasteiger partial charge in [0, 0.05) is 51.3 Å². The van der Waals surface area contributed by atoms with E-state index in [-0.39, 0.29) is 17.5 Å². The monoisotopic (exact) mass is 402 g/mol. The average molecular weight is 402 g/mol. The molecular formula is C21H30N4O4. The molecule has 0 radical (unpaired) electrons. The number of benzene rings is 1. The van der Waals surface area contributed by atoms with E-state index in [4.69, 9.17) is 0 Å². The Balaban J connectivity index is 1.69. The van der Waals surface area contributed by atoms with Gasteiger partial charge in [0.15, 0.2) is 0 Å². The van der Waals surface area contributed by atoms with Crippen molar-refractivity contribution in [3.05, 3.63) is 33.9 Å². The molecule has 1 N–H and O–H groups in total. The molecule has 2 heterocycles. The van der Waals surface area contributed by atoms with Gasteiger partial charge in [0.2, 0.25) is 5.91 Å². The molecule has 0 saturated carbocycles. The Kier molecular flexibility index (Phi) is 7.06. The Hall–Kier alpha value is -2.64. The van der Waals surface area contributed by atoms with E-state index in [9.17, 15) is 19.7 Å². The number of nitrogens with one attached hydrogen (secondary N) is 1. The van der Waals surface area contributed by atoms with Crippen LogP contribution in [0.2, 0.25) is 0 Å². The van der Waals surface area contributed by atoms with Gasteiger partial charge in [-0.2, -0.15) is 0 Å². The molecule has 8 nitrogen and oxygen atoms in total. The van der Waals surface area contributed by atoms with Gasteiger partial charge in [-0.1, -0.05) is 13.3 Å². The summed E-state index contributed by atoms with van der Waals surface area (Å²) in [5, 5.41) is 14.1. The van der Waals surface area contributed by atoms with Crippen LogP contribution in [-0.2, 0) is 4.79 Å². The Bertz CT molecular complexity index is 759. The summed E-state index contributed by atoms with van der Waals surface area (Å²) in [6.07, 6.45) is 5.61. The molecule has 3 rings (SSSR count). The molecule has 2 amide bonds. The number of carbonyl (C=O) groups excluding carboxylic acids is 2. The number of nitrogens with zero attached hydrogens (tertiary/aromatic N) is 3. The van der Waals surface area contributed by atoms with Gasteiger partial charge in [0.1, 0.15) is 0 Å². The van der Waals surface area contributed by atoms with Crippen molar-refractivity contribution in [2.45, 2.75) is 45.4 Å². The van der Waals surface area contributed by atoms with Crippen molar-refractivity contribution in [1.82, 2.24) is 10.2 Å². The Morgan fingerprint density at radius 3 is 2.69 bits per heavy atom. The summed E-state index contributed by atoms with van der Waals surface area (Å²) in [6.45, 7) is 5.41. The highest BCUT2D eigenvalue weighted by Gasteiger charge is 2.24. The molecule has 0 atom stereocenters. The van der Waals surface area contributed by atoms with Crippen LogP contribution >= 0.6 is 0 Å². The van der Waals surface area contributed by atoms with Crippen molar-refractivity contribution in [3.8, 4) is 0 Å². The molecule has 2 saturated heterocycles. The third kappa shape index (κ3) is 5.46. The molecular weight excluding hydrogens is 372 g/mol. The average Bonchev–Trinajstić information content (AvgIpc) is 2.92. The number of nitro groups is 1. The number of carbonyl (C=O) groups is 2. The quantitative estimate of drug-likeness (QED) is 0.583. The second-order valence-corrected chi connectivity index (χ2v) is 8.08. The highest BCUT2D eigenvalue weighted by Crippen LogP contribution is 2.29. The van der Waals surface area contributed by atoms with Crippen LogP contribution in [0, 0.1) is 16.0 Å². The standard InChI is InChI=1S/C21H30N4O4/c1-16-8-12-23(13-9-16)19-7-6-17(25(28)29)15-18(19)21(27)22-10-14-24-11-4-2-3-5-20(24)26/h6-7,15-16H,2-5,8-14H2,1H3,(H,22,27). The summed E-state index contributed by atoms with van der Waals surface area (Å²) >= 11 is 0. The summed E-state index contributed by atoms with van der Waals surface area (Å²) in [7, 11) is 0. The summed E-state index contributed by atoms with van der Waals surface area (Å²) < 4.78 is 0. The lowest BCUT2D eigenvalue weighted by Crippen LogP contribution is -2.39. The number of hydrogen-bond acceptors (Lipinski definition) is 5. The van der Waals surface area contributed by atoms with E-state index in [1.165, 1.54) is 12.1 Å². The van der Waals surface area contributed by atoms with Crippen molar-refractivity contribution in [3.63, 3.8) is 0 Å². The third-order valence-electron chi connectivity index (χ3n) is 5.90. The van der Waals surface area contributed by atoms with Crippen LogP contribution in [0.25, 0.3) is 0 Å². The van der Waals surface area contributed by atoms with Crippen molar-refractivity contribution >= 4 is 23.2 Å². The molecule has 2 fully saturated rings. The van der Waals surface area contributed by atoms with E-state index in [1.807, 2.05) is 0 Å². The normalized spacial score (nSPS) is 18.4. The maximum Gasteiger partial charge on any atom is 0.270 e. The lowest BCUT2D eigenvalue weighted by molar-refractivity contribution is -0.384. The highest BCUT2D eigenvalue weighted by molar-refractivity contribution is 6.00. The molecule has 1 aromatic carbocycles. The van der Waals surface area contributed by atoms with Gasteiger partial charge in [-0.15, -0.1) is 0 Å². The number of hydrogen-bond donors (Lipinski definition) is 1. The second kappa shape index (κ2) is 9.71. The predicted octanol–water partition coefficient (Wildman–Crippen LogP) is 2.96. The molecule has 1 aromatic rings. The summed E-state index contributed by atoms with van der Waals surface area (Å²) in [6, 6.07) is 4.50. The van der Waals surface area contributed by atoms with Crippen LogP contribution in [0.4, 0.5) is 11.4 Å². The number of amides is 2. The first-order valence-corrected chi connectivity index (χ1v) is 10.5. The minimum atomic E-state index is -0.477. The summed E-state index contributed by atoms with van der Waals surface area (Å²) in [4.78, 5) is 39.6. The minimum Gasteiger partial charge on any atom is -0.371 e. The van der Waals surface area contributed by atoms with E-state index in [2.05, 4.69) is 17.1 Å². The number of anilines is 1. The largest absolute Gasteiger partial charge is 0.371 e. The number of piperidine rings is 1. The van der Waals surface area contributed by atoms with Crippen LogP contribution in [0.3, 0.4) is 0 Å². The Morgan fingerprint density at radius 1 is 1.21 bits per heavy atom. The SMILES string of the molecule is CC1CCN(c2ccc([N+](=O)[O-])cc2C(=O)NCCN2CCCCCC2=O)CC1. The number of likely N-dealkylation sites (tertiary alicyclic amines) is 1. The summed E-state index contributed by atoms with van der Waals surface area (Å²) in [5.41, 5.74) is 0.980. The van der Waals surface area contributed by atoms with Crippen LogP contribution in [-0.4, -0.2) is 54.4 Å². The zero-order chi connectivity index (χ0) is 20.8. The second-order valence-electron chi connectivity index (χ2n) is 8.08. The van der Waals surface area contributed by atoms with Crippen LogP contribution < -0.4 is 10.2 Å². The van der Waals surface area contributed by atoms with Crippen molar-refractivity contribution in [1.29, 1.82) is 0 Å². The topological polar surface area (TPSA) is 95.8 Å². The molecule has 2 aliphatic rings. The molecule has 0 spiro atoms. The van der Waals surface area contributed by atoms with E-state index in [0.29, 0.717) is 31.0 Å². The highest BCUT2D eigenvalue weighted by atomic mass is 16.6. The Labute approximate surface area is 171 Å². The number of nitro benzene ring substituents is 1. The van der Waals surface area contributed by atoms with Crippen molar-refractivity contribution < 1.29 is 14.5 Å². The molecule has 2 aliphatic heterocycles. The van der Waals surface area contributed by atoms with E-state index in [1.54, 1.807) is 11.0 Å². The van der Waals surface area contributed by atoms with Gasteiger partial charge in [0.05, 0.1) is 16.2 Å². The van der Waals surface area contributed by atoms with Gasteiger partial charge in [-0.3, -0.25) is 19.7 Å². The fraction of sp³-hybridized carbons (Fsp3) is 0.619. The Morgan fingerprint density at radius 2 is 1.97 bits per heavy atom. The van der Waals surface area contributed by atoms with Gasteiger partial charge in [-0.05, 0) is 37.7 Å². The van der Waals surface area contributed by atoms with Crippen molar-refractivity contribution in [2.75, 3.05) is 37.6 Å². The lowest BCUT2D eigenvalue weighted by Gasteiger charge is -2.33. The first kappa shape index (κ1) is 21.1. The molecule has 0 bridgehead atoms. The number of non-ortho nitro benzene ring substituents is 1. The van der Waals surface area contributed by atoms with Crippen molar-refractivity contribution in [2.24, 2.45) is 5.92 Å².